The standard InChI is InChI=1S/C13H16BrClO2S/c14-8-12(11-5-6-18(16,17)9-11)7-10-1-3-13(15)4-2-10/h1-4,11-12H,5-9H2. The molecule has 1 aliphatic heterocycles. The van der Waals surface area contributed by atoms with E-state index in [2.05, 4.69) is 15.9 Å². The summed E-state index contributed by atoms with van der Waals surface area (Å²) in [5, 5.41) is 1.58. The van der Waals surface area contributed by atoms with Crippen molar-refractivity contribution < 1.29 is 8.42 Å². The molecule has 1 aromatic carbocycles. The highest BCUT2D eigenvalue weighted by atomic mass is 79.9. The highest BCUT2D eigenvalue weighted by molar-refractivity contribution is 9.09. The molecule has 2 nitrogen and oxygen atoms in total. The average molecular weight is 352 g/mol. The number of halogens is 2. The summed E-state index contributed by atoms with van der Waals surface area (Å²) in [5.41, 5.74) is 1.22. The van der Waals surface area contributed by atoms with Gasteiger partial charge >= 0.3 is 0 Å². The maximum Gasteiger partial charge on any atom is 0.150 e. The summed E-state index contributed by atoms with van der Waals surface area (Å²) in [5.74, 6) is 1.35. The Bertz CT molecular complexity index is 498. The van der Waals surface area contributed by atoms with Crippen molar-refractivity contribution in [2.24, 2.45) is 11.8 Å². The third kappa shape index (κ3) is 3.72. The number of hydrogen-bond donors (Lipinski definition) is 0. The number of hydrogen-bond acceptors (Lipinski definition) is 2. The van der Waals surface area contributed by atoms with Crippen molar-refractivity contribution in [3.63, 3.8) is 0 Å². The van der Waals surface area contributed by atoms with Gasteiger partial charge in [0, 0.05) is 10.4 Å². The molecule has 1 fully saturated rings. The van der Waals surface area contributed by atoms with Crippen LogP contribution < -0.4 is 0 Å². The zero-order valence-electron chi connectivity index (χ0n) is 9.98. The SMILES string of the molecule is O=S1(=O)CCC(C(CBr)Cc2ccc(Cl)cc2)C1. The lowest BCUT2D eigenvalue weighted by atomic mass is 9.88. The number of alkyl halides is 1. The second kappa shape index (κ2) is 5.93. The zero-order chi connectivity index (χ0) is 13.2. The van der Waals surface area contributed by atoms with Gasteiger partial charge in [-0.15, -0.1) is 0 Å². The zero-order valence-corrected chi connectivity index (χ0v) is 13.1. The maximum absolute atomic E-state index is 11.5. The average Bonchev–Trinajstić information content (AvgIpc) is 2.69. The molecule has 1 aromatic rings. The quantitative estimate of drug-likeness (QED) is 0.780. The molecule has 100 valence electrons. The van der Waals surface area contributed by atoms with E-state index in [9.17, 15) is 8.42 Å². The summed E-state index contributed by atoms with van der Waals surface area (Å²) in [7, 11) is -2.79. The predicted octanol–water partition coefficient (Wildman–Crippen LogP) is 3.33. The van der Waals surface area contributed by atoms with E-state index in [1.54, 1.807) is 0 Å². The second-order valence-electron chi connectivity index (χ2n) is 4.91. The Morgan fingerprint density at radius 1 is 1.33 bits per heavy atom. The molecule has 1 aliphatic rings. The fourth-order valence-electron chi connectivity index (χ4n) is 2.47. The van der Waals surface area contributed by atoms with Gasteiger partial charge in [-0.1, -0.05) is 39.7 Å². The maximum atomic E-state index is 11.5. The molecule has 18 heavy (non-hydrogen) atoms. The van der Waals surface area contributed by atoms with E-state index in [-0.39, 0.29) is 5.92 Å². The van der Waals surface area contributed by atoms with Crippen LogP contribution in [0.3, 0.4) is 0 Å². The Morgan fingerprint density at radius 2 is 2.00 bits per heavy atom. The molecule has 2 rings (SSSR count). The molecular formula is C13H16BrClO2S. The van der Waals surface area contributed by atoms with Gasteiger partial charge in [-0.25, -0.2) is 8.42 Å². The summed E-state index contributed by atoms with van der Waals surface area (Å²) in [6, 6.07) is 7.80. The van der Waals surface area contributed by atoms with Crippen molar-refractivity contribution in [2.75, 3.05) is 16.8 Å². The van der Waals surface area contributed by atoms with Crippen molar-refractivity contribution in [1.82, 2.24) is 0 Å². The highest BCUT2D eigenvalue weighted by Gasteiger charge is 2.33. The Hall–Kier alpha value is -0.0600. The Kier molecular flexibility index (Phi) is 4.73. The van der Waals surface area contributed by atoms with E-state index in [0.29, 0.717) is 17.4 Å². The minimum atomic E-state index is -2.79. The van der Waals surface area contributed by atoms with Crippen molar-refractivity contribution in [2.45, 2.75) is 12.8 Å². The van der Waals surface area contributed by atoms with Crippen LogP contribution in [-0.4, -0.2) is 25.3 Å². The summed E-state index contributed by atoms with van der Waals surface area (Å²) in [6.45, 7) is 0. The first-order chi connectivity index (χ1) is 8.50. The van der Waals surface area contributed by atoms with E-state index in [4.69, 9.17) is 11.6 Å². The summed E-state index contributed by atoms with van der Waals surface area (Å²) >= 11 is 9.37. The molecule has 0 spiro atoms. The second-order valence-corrected chi connectivity index (χ2v) is 8.22. The van der Waals surface area contributed by atoms with Crippen LogP contribution in [0.5, 0.6) is 0 Å². The lowest BCUT2D eigenvalue weighted by Gasteiger charge is -2.20. The van der Waals surface area contributed by atoms with Crippen molar-refractivity contribution in [1.29, 1.82) is 0 Å². The fraction of sp³-hybridized carbons (Fsp3) is 0.538. The largest absolute Gasteiger partial charge is 0.229 e. The first kappa shape index (κ1) is 14.4. The molecule has 0 aliphatic carbocycles. The lowest BCUT2D eigenvalue weighted by Crippen LogP contribution is -2.20. The first-order valence-electron chi connectivity index (χ1n) is 6.01. The third-order valence-corrected chi connectivity index (χ3v) is 6.42. The Morgan fingerprint density at radius 3 is 2.50 bits per heavy atom. The van der Waals surface area contributed by atoms with Gasteiger partial charge in [-0.2, -0.15) is 0 Å². The highest BCUT2D eigenvalue weighted by Crippen LogP contribution is 2.30. The molecular weight excluding hydrogens is 336 g/mol. The van der Waals surface area contributed by atoms with Crippen LogP contribution in [0.15, 0.2) is 24.3 Å². The first-order valence-corrected chi connectivity index (χ1v) is 9.33. The predicted molar refractivity (Wildman–Crippen MR) is 79.2 cm³/mol. The van der Waals surface area contributed by atoms with E-state index < -0.39 is 9.84 Å². The van der Waals surface area contributed by atoms with E-state index in [1.807, 2.05) is 24.3 Å². The van der Waals surface area contributed by atoms with Gasteiger partial charge in [-0.05, 0) is 42.4 Å². The minimum absolute atomic E-state index is 0.282. The number of sulfone groups is 1. The van der Waals surface area contributed by atoms with Crippen LogP contribution in [0.2, 0.25) is 5.02 Å². The monoisotopic (exact) mass is 350 g/mol. The smallest absolute Gasteiger partial charge is 0.150 e. The van der Waals surface area contributed by atoms with Gasteiger partial charge in [0.05, 0.1) is 11.5 Å². The van der Waals surface area contributed by atoms with Crippen LogP contribution >= 0.6 is 27.5 Å². The molecule has 5 heteroatoms. The van der Waals surface area contributed by atoms with Gasteiger partial charge < -0.3 is 0 Å². The van der Waals surface area contributed by atoms with Crippen LogP contribution in [-0.2, 0) is 16.3 Å². The molecule has 1 saturated heterocycles. The number of benzene rings is 1. The van der Waals surface area contributed by atoms with E-state index >= 15 is 0 Å². The lowest BCUT2D eigenvalue weighted by molar-refractivity contribution is 0.402. The molecule has 2 atom stereocenters. The van der Waals surface area contributed by atoms with Crippen LogP contribution in [0.25, 0.3) is 0 Å². The van der Waals surface area contributed by atoms with Gasteiger partial charge in [0.25, 0.3) is 0 Å². The van der Waals surface area contributed by atoms with Crippen molar-refractivity contribution >= 4 is 37.4 Å². The van der Waals surface area contributed by atoms with E-state index in [0.717, 1.165) is 23.2 Å². The van der Waals surface area contributed by atoms with Crippen molar-refractivity contribution in [3.05, 3.63) is 34.9 Å². The summed E-state index contributed by atoms with van der Waals surface area (Å²) in [6.07, 6.45) is 1.70. The summed E-state index contributed by atoms with van der Waals surface area (Å²) in [4.78, 5) is 0. The van der Waals surface area contributed by atoms with Crippen LogP contribution in [0.1, 0.15) is 12.0 Å². The molecule has 0 aromatic heterocycles. The van der Waals surface area contributed by atoms with Crippen LogP contribution in [0.4, 0.5) is 0 Å². The normalized spacial score (nSPS) is 24.0. The minimum Gasteiger partial charge on any atom is -0.229 e. The molecule has 2 unspecified atom stereocenters. The third-order valence-electron chi connectivity index (χ3n) is 3.54. The molecule has 0 amide bonds. The van der Waals surface area contributed by atoms with Crippen molar-refractivity contribution in [3.8, 4) is 0 Å². The van der Waals surface area contributed by atoms with Crippen LogP contribution in [0, 0.1) is 11.8 Å². The topological polar surface area (TPSA) is 34.1 Å². The molecule has 1 heterocycles. The Labute approximate surface area is 122 Å². The van der Waals surface area contributed by atoms with Gasteiger partial charge in [0.2, 0.25) is 0 Å². The molecule has 0 N–H and O–H groups in total. The molecule has 0 saturated carbocycles. The molecule has 0 radical (unpaired) electrons. The summed E-state index contributed by atoms with van der Waals surface area (Å²) < 4.78 is 23.1. The van der Waals surface area contributed by atoms with Gasteiger partial charge in [0.1, 0.15) is 0 Å². The number of rotatable bonds is 4. The fourth-order valence-corrected chi connectivity index (χ4v) is 5.27. The molecule has 0 bridgehead atoms. The Balaban J connectivity index is 2.04. The van der Waals surface area contributed by atoms with Gasteiger partial charge in [0.15, 0.2) is 9.84 Å². The van der Waals surface area contributed by atoms with E-state index in [1.165, 1.54) is 5.56 Å². The van der Waals surface area contributed by atoms with Gasteiger partial charge in [-0.3, -0.25) is 0 Å².